The first kappa shape index (κ1) is 16.3. The van der Waals surface area contributed by atoms with Crippen molar-refractivity contribution < 1.29 is 13.2 Å². The molecule has 0 unspecified atom stereocenters. The van der Waals surface area contributed by atoms with E-state index in [1.165, 1.54) is 0 Å². The molecular formula is C15H20ClNO3S. The molecule has 0 radical (unpaired) electrons. The van der Waals surface area contributed by atoms with Crippen LogP contribution in [0, 0.1) is 5.92 Å². The van der Waals surface area contributed by atoms with E-state index in [1.807, 2.05) is 26.0 Å². The highest BCUT2D eigenvalue weighted by Crippen LogP contribution is 2.26. The zero-order valence-corrected chi connectivity index (χ0v) is 13.7. The van der Waals surface area contributed by atoms with Gasteiger partial charge in [0.25, 0.3) is 0 Å². The first-order valence-electron chi connectivity index (χ1n) is 7.05. The Balaban J connectivity index is 2.11. The van der Waals surface area contributed by atoms with Crippen LogP contribution in [0.2, 0.25) is 5.02 Å². The molecule has 1 N–H and O–H groups in total. The predicted molar refractivity (Wildman–Crippen MR) is 84.2 cm³/mol. The Morgan fingerprint density at radius 3 is 2.38 bits per heavy atom. The van der Waals surface area contributed by atoms with Crippen LogP contribution in [0.25, 0.3) is 0 Å². The molecule has 0 aromatic heterocycles. The summed E-state index contributed by atoms with van der Waals surface area (Å²) in [5.41, 5.74) is 0.896. The van der Waals surface area contributed by atoms with Gasteiger partial charge < -0.3 is 5.32 Å². The lowest BCUT2D eigenvalue weighted by atomic mass is 9.87. The molecule has 1 saturated heterocycles. The lowest BCUT2D eigenvalue weighted by Crippen LogP contribution is -2.40. The fraction of sp³-hybridized carbons (Fsp3) is 0.533. The molecule has 1 aromatic rings. The van der Waals surface area contributed by atoms with Gasteiger partial charge in [-0.1, -0.05) is 37.6 Å². The number of amides is 1. The molecule has 2 rings (SSSR count). The zero-order valence-electron chi connectivity index (χ0n) is 12.2. The number of hydrogen-bond acceptors (Lipinski definition) is 3. The van der Waals surface area contributed by atoms with Crippen molar-refractivity contribution in [2.45, 2.75) is 32.2 Å². The summed E-state index contributed by atoms with van der Waals surface area (Å²) in [5, 5.41) is 3.51. The molecule has 0 bridgehead atoms. The van der Waals surface area contributed by atoms with Crippen LogP contribution in [-0.4, -0.2) is 31.9 Å². The van der Waals surface area contributed by atoms with Crippen LogP contribution >= 0.6 is 11.6 Å². The average molecular weight is 330 g/mol. The number of halogens is 1. The number of carbonyl (C=O) groups is 1. The third-order valence-corrected chi connectivity index (χ3v) is 5.78. The molecule has 21 heavy (non-hydrogen) atoms. The molecule has 1 aliphatic rings. The van der Waals surface area contributed by atoms with Crippen molar-refractivity contribution in [3.05, 3.63) is 34.9 Å². The van der Waals surface area contributed by atoms with E-state index in [-0.39, 0.29) is 35.3 Å². The van der Waals surface area contributed by atoms with Crippen molar-refractivity contribution in [2.75, 3.05) is 11.5 Å². The summed E-state index contributed by atoms with van der Waals surface area (Å²) in [4.78, 5) is 12.5. The van der Waals surface area contributed by atoms with Gasteiger partial charge in [-0.05, 0) is 30.0 Å². The van der Waals surface area contributed by atoms with E-state index in [2.05, 4.69) is 5.32 Å². The highest BCUT2D eigenvalue weighted by atomic mass is 35.5. The Bertz CT molecular complexity index is 610. The number of benzene rings is 1. The van der Waals surface area contributed by atoms with E-state index in [1.54, 1.807) is 12.1 Å². The first-order valence-corrected chi connectivity index (χ1v) is 9.25. The molecule has 1 aliphatic heterocycles. The second-order valence-electron chi connectivity index (χ2n) is 5.88. The second kappa shape index (κ2) is 6.36. The minimum Gasteiger partial charge on any atom is -0.352 e. The van der Waals surface area contributed by atoms with Crippen LogP contribution in [0.1, 0.15) is 31.7 Å². The number of nitrogens with one attached hydrogen (secondary N) is 1. The van der Waals surface area contributed by atoms with E-state index in [4.69, 9.17) is 11.6 Å². The SMILES string of the molecule is CC(C)[C@H](C(=O)N[C@H]1CCS(=O)(=O)C1)c1ccc(Cl)cc1. The summed E-state index contributed by atoms with van der Waals surface area (Å²) >= 11 is 5.88. The highest BCUT2D eigenvalue weighted by molar-refractivity contribution is 7.91. The minimum absolute atomic E-state index is 0.0458. The predicted octanol–water partition coefficient (Wildman–Crippen LogP) is 2.38. The van der Waals surface area contributed by atoms with Gasteiger partial charge in [0, 0.05) is 11.1 Å². The van der Waals surface area contributed by atoms with Crippen LogP contribution in [0.15, 0.2) is 24.3 Å². The van der Waals surface area contributed by atoms with E-state index in [0.29, 0.717) is 11.4 Å². The molecule has 0 spiro atoms. The second-order valence-corrected chi connectivity index (χ2v) is 8.55. The molecule has 0 saturated carbocycles. The summed E-state index contributed by atoms with van der Waals surface area (Å²) in [6.45, 7) is 3.95. The van der Waals surface area contributed by atoms with E-state index >= 15 is 0 Å². The summed E-state index contributed by atoms with van der Waals surface area (Å²) in [6, 6.07) is 6.95. The number of carbonyl (C=O) groups excluding carboxylic acids is 1. The molecule has 1 heterocycles. The maximum absolute atomic E-state index is 12.5. The van der Waals surface area contributed by atoms with Crippen molar-refractivity contribution in [3.63, 3.8) is 0 Å². The normalized spacial score (nSPS) is 22.2. The van der Waals surface area contributed by atoms with Gasteiger partial charge in [-0.25, -0.2) is 8.42 Å². The third kappa shape index (κ3) is 4.20. The topological polar surface area (TPSA) is 63.2 Å². The van der Waals surface area contributed by atoms with E-state index in [0.717, 1.165) is 5.56 Å². The Hall–Kier alpha value is -1.07. The highest BCUT2D eigenvalue weighted by Gasteiger charge is 2.32. The van der Waals surface area contributed by atoms with Gasteiger partial charge in [-0.3, -0.25) is 4.79 Å². The van der Waals surface area contributed by atoms with E-state index in [9.17, 15) is 13.2 Å². The maximum atomic E-state index is 12.5. The van der Waals surface area contributed by atoms with Gasteiger partial charge in [0.15, 0.2) is 9.84 Å². The molecule has 1 amide bonds. The van der Waals surface area contributed by atoms with Gasteiger partial charge in [0.1, 0.15) is 0 Å². The van der Waals surface area contributed by atoms with Crippen LogP contribution in [0.5, 0.6) is 0 Å². The van der Waals surface area contributed by atoms with Crippen molar-refractivity contribution >= 4 is 27.3 Å². The van der Waals surface area contributed by atoms with Crippen LogP contribution < -0.4 is 5.32 Å². The molecule has 6 heteroatoms. The summed E-state index contributed by atoms with van der Waals surface area (Å²) in [6.07, 6.45) is 0.500. The third-order valence-electron chi connectivity index (χ3n) is 3.76. The molecule has 1 aromatic carbocycles. The van der Waals surface area contributed by atoms with Gasteiger partial charge >= 0.3 is 0 Å². The average Bonchev–Trinajstić information content (AvgIpc) is 2.71. The van der Waals surface area contributed by atoms with Gasteiger partial charge in [0.2, 0.25) is 5.91 Å². The van der Waals surface area contributed by atoms with Crippen molar-refractivity contribution in [2.24, 2.45) is 5.92 Å². The first-order chi connectivity index (χ1) is 9.78. The number of rotatable bonds is 4. The van der Waals surface area contributed by atoms with Crippen LogP contribution in [0.3, 0.4) is 0 Å². The lowest BCUT2D eigenvalue weighted by molar-refractivity contribution is -0.124. The number of sulfone groups is 1. The molecule has 1 fully saturated rings. The standard InChI is InChI=1S/C15H20ClNO3S/c1-10(2)14(11-3-5-12(16)6-4-11)15(18)17-13-7-8-21(19,20)9-13/h3-6,10,13-14H,7-9H2,1-2H3,(H,17,18)/t13-,14-/m0/s1. The Kier molecular flexibility index (Phi) is 4.94. The van der Waals surface area contributed by atoms with Gasteiger partial charge in [-0.2, -0.15) is 0 Å². The van der Waals surface area contributed by atoms with Crippen LogP contribution in [-0.2, 0) is 14.6 Å². The Morgan fingerprint density at radius 1 is 1.29 bits per heavy atom. The lowest BCUT2D eigenvalue weighted by Gasteiger charge is -2.23. The Morgan fingerprint density at radius 2 is 1.90 bits per heavy atom. The monoisotopic (exact) mass is 329 g/mol. The maximum Gasteiger partial charge on any atom is 0.228 e. The van der Waals surface area contributed by atoms with Crippen molar-refractivity contribution in [1.82, 2.24) is 5.32 Å². The summed E-state index contributed by atoms with van der Waals surface area (Å²) in [5.74, 6) is -0.0979. The molecule has 4 nitrogen and oxygen atoms in total. The number of hydrogen-bond donors (Lipinski definition) is 1. The molecule has 0 aliphatic carbocycles. The fourth-order valence-corrected chi connectivity index (χ4v) is 4.51. The van der Waals surface area contributed by atoms with Gasteiger partial charge in [0.05, 0.1) is 17.4 Å². The molecular weight excluding hydrogens is 310 g/mol. The molecule has 116 valence electrons. The summed E-state index contributed by atoms with van der Waals surface area (Å²) < 4.78 is 22.9. The van der Waals surface area contributed by atoms with Crippen molar-refractivity contribution in [3.8, 4) is 0 Å². The smallest absolute Gasteiger partial charge is 0.228 e. The van der Waals surface area contributed by atoms with Gasteiger partial charge in [-0.15, -0.1) is 0 Å². The summed E-state index contributed by atoms with van der Waals surface area (Å²) in [7, 11) is -2.99. The van der Waals surface area contributed by atoms with Crippen molar-refractivity contribution in [1.29, 1.82) is 0 Å². The minimum atomic E-state index is -2.99. The fourth-order valence-electron chi connectivity index (χ4n) is 2.71. The quantitative estimate of drug-likeness (QED) is 0.922. The van der Waals surface area contributed by atoms with E-state index < -0.39 is 9.84 Å². The largest absolute Gasteiger partial charge is 0.352 e. The van der Waals surface area contributed by atoms with Crippen LogP contribution in [0.4, 0.5) is 0 Å². The Labute approximate surface area is 130 Å². The molecule has 2 atom stereocenters. The zero-order chi connectivity index (χ0) is 15.6.